The summed E-state index contributed by atoms with van der Waals surface area (Å²) >= 11 is 1.35. The molecule has 0 bridgehead atoms. The van der Waals surface area contributed by atoms with Crippen molar-refractivity contribution < 1.29 is 27.6 Å². The molecule has 0 unspecified atom stereocenters. The van der Waals surface area contributed by atoms with Crippen LogP contribution < -0.4 is 0 Å². The molecule has 32 valence electrons. The summed E-state index contributed by atoms with van der Waals surface area (Å²) in [5.74, 6) is -0.245. The van der Waals surface area contributed by atoms with E-state index in [0.717, 1.165) is 0 Å². The zero-order valence-corrected chi connectivity index (χ0v) is 5.04. The molecule has 0 rings (SSSR count). The first-order valence-electron chi connectivity index (χ1n) is 1.04. The topological polar surface area (TPSA) is 26.3 Å². The van der Waals surface area contributed by atoms with E-state index in [0.29, 0.717) is 0 Å². The molecule has 0 aromatic carbocycles. The second-order valence-corrected chi connectivity index (χ2v) is 1.05. The summed E-state index contributed by atoms with van der Waals surface area (Å²) in [6.45, 7) is 1.36. The van der Waals surface area contributed by atoms with Crippen LogP contribution in [0.3, 0.4) is 0 Å². The van der Waals surface area contributed by atoms with Gasteiger partial charge < -0.3 is 0 Å². The maximum atomic E-state index is 9.59. The van der Waals surface area contributed by atoms with E-state index >= 15 is 0 Å². The van der Waals surface area contributed by atoms with Gasteiger partial charge in [-0.3, -0.25) is 0 Å². The molecule has 0 aliphatic rings. The maximum absolute atomic E-state index is 9.59. The van der Waals surface area contributed by atoms with Crippen molar-refractivity contribution in [2.75, 3.05) is 0 Å². The van der Waals surface area contributed by atoms with Gasteiger partial charge in [0.1, 0.15) is 0 Å². The molecule has 0 amide bonds. The van der Waals surface area contributed by atoms with Gasteiger partial charge in [-0.1, -0.05) is 0 Å². The number of hydrogen-bond donors (Lipinski definition) is 0. The van der Waals surface area contributed by atoms with Gasteiger partial charge >= 0.3 is 40.5 Å². The molecule has 0 N–H and O–H groups in total. The summed E-state index contributed by atoms with van der Waals surface area (Å²) in [6, 6.07) is 0. The predicted molar refractivity (Wildman–Crippen MR) is 11.8 cm³/mol. The average Bonchev–Trinajstić information content (AvgIpc) is 1.38. The molecule has 0 heterocycles. The molecule has 0 atom stereocenters. The Morgan fingerprint density at radius 3 is 2.20 bits per heavy atom. The predicted octanol–water partition coefficient (Wildman–Crippen LogP) is 0.0113. The van der Waals surface area contributed by atoms with Crippen LogP contribution >= 0.6 is 0 Å². The first-order chi connectivity index (χ1) is 2.27. The van der Waals surface area contributed by atoms with E-state index < -0.39 is 0 Å². The Balaban J connectivity index is 2.85. The Morgan fingerprint density at radius 1 is 2.00 bits per heavy atom. The van der Waals surface area contributed by atoms with Gasteiger partial charge in [0.25, 0.3) is 0 Å². The monoisotopic (exact) mass is 252 g/mol. The summed E-state index contributed by atoms with van der Waals surface area (Å²) < 4.78 is 4.11. The van der Waals surface area contributed by atoms with Crippen LogP contribution in [-0.2, 0) is 27.6 Å². The van der Waals surface area contributed by atoms with Gasteiger partial charge in [0, 0.05) is 0 Å². The number of hydrogen-bond acceptors (Lipinski definition) is 2. The third-order valence-corrected chi connectivity index (χ3v) is 0.784. The summed E-state index contributed by atoms with van der Waals surface area (Å²) in [6.07, 6.45) is 0. The Kier molecular flexibility index (Phi) is 2.42. The van der Waals surface area contributed by atoms with Crippen LogP contribution in [-0.4, -0.2) is 5.97 Å². The fourth-order valence-electron chi connectivity index (χ4n) is 0. The molecule has 0 saturated carbocycles. The summed E-state index contributed by atoms with van der Waals surface area (Å²) in [5, 5.41) is 0. The van der Waals surface area contributed by atoms with Gasteiger partial charge in [0.05, 0.1) is 0 Å². The normalized spacial score (nSPS) is 7.00. The van der Waals surface area contributed by atoms with E-state index in [4.69, 9.17) is 0 Å². The number of carbonyl (C=O) groups excluding carboxylic acids is 1. The molecule has 3 heteroatoms. The van der Waals surface area contributed by atoms with Gasteiger partial charge in [0.15, 0.2) is 0 Å². The van der Waals surface area contributed by atoms with E-state index in [1.807, 2.05) is 0 Å². The molecule has 0 aromatic rings. The quantitative estimate of drug-likeness (QED) is 0.606. The fraction of sp³-hybridized carbons (Fsp3) is 0.500. The second kappa shape index (κ2) is 2.36. The molecular formula is C2H3IrO2. The number of carbonyl (C=O) groups is 1. The molecule has 0 radical (unpaired) electrons. The van der Waals surface area contributed by atoms with Crippen LogP contribution in [0.15, 0.2) is 0 Å². The third-order valence-electron chi connectivity index (χ3n) is 0.0958. The molecule has 0 aliphatic heterocycles. The standard InChI is InChI=1S/C2H4O2.Ir/c1-2(3)4;/h1H3,(H,3,4);/q;+1/p-1. The number of rotatable bonds is 0. The van der Waals surface area contributed by atoms with E-state index in [1.165, 1.54) is 26.2 Å². The van der Waals surface area contributed by atoms with Crippen molar-refractivity contribution in [1.82, 2.24) is 0 Å². The van der Waals surface area contributed by atoms with Gasteiger partial charge in [-0.25, -0.2) is 0 Å². The summed E-state index contributed by atoms with van der Waals surface area (Å²) in [7, 11) is 0. The Morgan fingerprint density at radius 2 is 2.20 bits per heavy atom. The van der Waals surface area contributed by atoms with Gasteiger partial charge in [-0.2, -0.15) is 0 Å². The van der Waals surface area contributed by atoms with Gasteiger partial charge in [0.2, 0.25) is 0 Å². The molecule has 0 fully saturated rings. The van der Waals surface area contributed by atoms with Crippen LogP contribution in [0, 0.1) is 0 Å². The minimum absolute atomic E-state index is 0.245. The third kappa shape index (κ3) is 4.12. The fourth-order valence-corrected chi connectivity index (χ4v) is 0. The molecular weight excluding hydrogens is 248 g/mol. The van der Waals surface area contributed by atoms with Crippen molar-refractivity contribution in [3.05, 3.63) is 0 Å². The van der Waals surface area contributed by atoms with Crippen molar-refractivity contribution in [2.24, 2.45) is 0 Å². The zero-order valence-electron chi connectivity index (χ0n) is 2.65. The average molecular weight is 251 g/mol. The van der Waals surface area contributed by atoms with Crippen LogP contribution in [0.4, 0.5) is 0 Å². The summed E-state index contributed by atoms with van der Waals surface area (Å²) in [4.78, 5) is 9.59. The first kappa shape index (κ1) is 5.12. The Hall–Kier alpha value is 0.119. The zero-order chi connectivity index (χ0) is 4.28. The first-order valence-corrected chi connectivity index (χ1v) is 2.02. The molecule has 0 spiro atoms. The van der Waals surface area contributed by atoms with E-state index in [2.05, 4.69) is 3.50 Å². The van der Waals surface area contributed by atoms with Gasteiger partial charge in [-0.15, -0.1) is 0 Å². The Labute approximate surface area is 41.1 Å². The second-order valence-electron chi connectivity index (χ2n) is 0.560. The molecule has 5 heavy (non-hydrogen) atoms. The van der Waals surface area contributed by atoms with Gasteiger partial charge in [-0.05, 0) is 0 Å². The van der Waals surface area contributed by atoms with Crippen molar-refractivity contribution in [2.45, 2.75) is 6.92 Å². The van der Waals surface area contributed by atoms with Crippen molar-refractivity contribution in [1.29, 1.82) is 0 Å². The molecule has 2 nitrogen and oxygen atoms in total. The van der Waals surface area contributed by atoms with E-state index in [-0.39, 0.29) is 5.97 Å². The van der Waals surface area contributed by atoms with Crippen LogP contribution in [0.2, 0.25) is 0 Å². The summed E-state index contributed by atoms with van der Waals surface area (Å²) in [5.41, 5.74) is 0. The Bertz CT molecular complexity index is 42.9. The van der Waals surface area contributed by atoms with Crippen LogP contribution in [0.1, 0.15) is 6.92 Å². The minimum atomic E-state index is -0.245. The van der Waals surface area contributed by atoms with Crippen molar-refractivity contribution in [3.8, 4) is 0 Å². The molecule has 0 saturated heterocycles. The van der Waals surface area contributed by atoms with Crippen molar-refractivity contribution >= 4 is 5.97 Å². The van der Waals surface area contributed by atoms with Crippen molar-refractivity contribution in [3.63, 3.8) is 0 Å². The molecule has 0 aromatic heterocycles. The SMILES string of the molecule is CC(=O)[O][Ir]. The van der Waals surface area contributed by atoms with Crippen LogP contribution in [0.5, 0.6) is 0 Å². The van der Waals surface area contributed by atoms with E-state index in [9.17, 15) is 4.79 Å². The molecule has 0 aliphatic carbocycles. The van der Waals surface area contributed by atoms with E-state index in [1.54, 1.807) is 0 Å². The van der Waals surface area contributed by atoms with Crippen LogP contribution in [0.25, 0.3) is 0 Å².